The van der Waals surface area contributed by atoms with E-state index in [2.05, 4.69) is 15.3 Å². The van der Waals surface area contributed by atoms with E-state index in [1.165, 1.54) is 0 Å². The van der Waals surface area contributed by atoms with Gasteiger partial charge >= 0.3 is 0 Å². The number of carbonyl (C=O) groups is 2. The molecule has 1 aromatic heterocycles. The molecule has 28 heavy (non-hydrogen) atoms. The van der Waals surface area contributed by atoms with Crippen molar-refractivity contribution in [2.75, 3.05) is 20.2 Å². The molecule has 2 amide bonds. The second-order valence-corrected chi connectivity index (χ2v) is 7.70. The van der Waals surface area contributed by atoms with Crippen molar-refractivity contribution in [3.63, 3.8) is 0 Å². The van der Waals surface area contributed by atoms with Crippen LogP contribution >= 0.6 is 0 Å². The summed E-state index contributed by atoms with van der Waals surface area (Å²) in [5.74, 6) is -0.0580. The van der Waals surface area contributed by atoms with Crippen molar-refractivity contribution in [3.05, 3.63) is 35.2 Å². The first kappa shape index (κ1) is 18.8. The number of fused-ring (bicyclic) bond motifs is 2. The second-order valence-electron chi connectivity index (χ2n) is 7.70. The topological polar surface area (TPSA) is 84.4 Å². The first-order valence-electron chi connectivity index (χ1n) is 9.87. The maximum absolute atomic E-state index is 13.3. The van der Waals surface area contributed by atoms with Crippen LogP contribution in [0.3, 0.4) is 0 Å². The van der Waals surface area contributed by atoms with Gasteiger partial charge in [0.2, 0.25) is 5.91 Å². The number of carbonyl (C=O) groups excluding carboxylic acids is 2. The number of rotatable bonds is 2. The summed E-state index contributed by atoms with van der Waals surface area (Å²) in [6.45, 7) is 4.92. The average Bonchev–Trinajstić information content (AvgIpc) is 2.72. The van der Waals surface area contributed by atoms with Gasteiger partial charge in [-0.3, -0.25) is 9.59 Å². The highest BCUT2D eigenvalue weighted by Crippen LogP contribution is 2.33. The predicted octanol–water partition coefficient (Wildman–Crippen LogP) is 2.00. The van der Waals surface area contributed by atoms with Crippen LogP contribution in [-0.2, 0) is 9.53 Å². The van der Waals surface area contributed by atoms with Crippen molar-refractivity contribution in [2.24, 2.45) is 5.92 Å². The van der Waals surface area contributed by atoms with Gasteiger partial charge in [-0.25, -0.2) is 9.97 Å². The third-order valence-electron chi connectivity index (χ3n) is 6.02. The fourth-order valence-electron chi connectivity index (χ4n) is 4.33. The van der Waals surface area contributed by atoms with Crippen molar-refractivity contribution >= 4 is 22.8 Å². The number of aryl methyl sites for hydroxylation is 2. The summed E-state index contributed by atoms with van der Waals surface area (Å²) in [7, 11) is 1.66. The van der Waals surface area contributed by atoms with Gasteiger partial charge in [0, 0.05) is 25.1 Å². The fraction of sp³-hybridized carbons (Fsp3) is 0.524. The van der Waals surface area contributed by atoms with Crippen molar-refractivity contribution in [2.45, 2.75) is 45.3 Å². The molecule has 1 saturated heterocycles. The van der Waals surface area contributed by atoms with Crippen molar-refractivity contribution < 1.29 is 14.3 Å². The molecular weight excluding hydrogens is 356 g/mol. The van der Waals surface area contributed by atoms with Crippen molar-refractivity contribution in [3.8, 4) is 0 Å². The highest BCUT2D eigenvalue weighted by molar-refractivity contribution is 5.97. The number of ether oxygens (including phenoxy) is 1. The zero-order valence-corrected chi connectivity index (χ0v) is 16.6. The molecule has 2 aliphatic rings. The number of amides is 2. The Kier molecular flexibility index (Phi) is 5.02. The Balaban J connectivity index is 1.61. The lowest BCUT2D eigenvalue weighted by Crippen LogP contribution is -2.57. The molecule has 7 heteroatoms. The lowest BCUT2D eigenvalue weighted by atomic mass is 9.81. The number of nitrogens with zero attached hydrogens (tertiary/aromatic N) is 3. The van der Waals surface area contributed by atoms with E-state index in [4.69, 9.17) is 4.74 Å². The number of morpholine rings is 1. The molecule has 2 fully saturated rings. The zero-order chi connectivity index (χ0) is 19.8. The van der Waals surface area contributed by atoms with Crippen LogP contribution in [0.1, 0.15) is 41.0 Å². The third-order valence-corrected chi connectivity index (χ3v) is 6.02. The zero-order valence-electron chi connectivity index (χ0n) is 16.6. The number of hydrogen-bond donors (Lipinski definition) is 1. The standard InChI is InChI=1S/C21H26N4O3/c1-12-13(2)24-17-10-15(4-6-16(17)23-12)21(27)25-8-9-28-19-7-5-14(11-18(19)25)20(26)22-3/h4,6,10,14,18-19H,5,7-9,11H2,1-3H3,(H,22,26)/t14-,18+,19+/m0/s1. The van der Waals surface area contributed by atoms with Crippen LogP contribution in [0, 0.1) is 19.8 Å². The molecule has 1 aliphatic heterocycles. The van der Waals surface area contributed by atoms with E-state index < -0.39 is 0 Å². The van der Waals surface area contributed by atoms with E-state index in [9.17, 15) is 9.59 Å². The third kappa shape index (κ3) is 3.35. The Morgan fingerprint density at radius 2 is 1.89 bits per heavy atom. The van der Waals surface area contributed by atoms with Gasteiger partial charge < -0.3 is 15.0 Å². The van der Waals surface area contributed by atoms with Gasteiger partial charge in [0.1, 0.15) is 0 Å². The molecular formula is C21H26N4O3. The highest BCUT2D eigenvalue weighted by Gasteiger charge is 2.41. The van der Waals surface area contributed by atoms with Gasteiger partial charge in [-0.1, -0.05) is 0 Å². The van der Waals surface area contributed by atoms with E-state index in [0.717, 1.165) is 35.3 Å². The Morgan fingerprint density at radius 1 is 1.14 bits per heavy atom. The lowest BCUT2D eigenvalue weighted by Gasteiger charge is -2.45. The van der Waals surface area contributed by atoms with E-state index in [1.54, 1.807) is 7.05 Å². The average molecular weight is 382 g/mol. The summed E-state index contributed by atoms with van der Waals surface area (Å²) >= 11 is 0. The summed E-state index contributed by atoms with van der Waals surface area (Å²) < 4.78 is 5.91. The van der Waals surface area contributed by atoms with Gasteiger partial charge in [0.05, 0.1) is 41.2 Å². The second kappa shape index (κ2) is 7.47. The van der Waals surface area contributed by atoms with Gasteiger partial charge in [-0.15, -0.1) is 0 Å². The molecule has 2 heterocycles. The van der Waals surface area contributed by atoms with Gasteiger partial charge in [0.25, 0.3) is 5.91 Å². The molecule has 0 spiro atoms. The van der Waals surface area contributed by atoms with E-state index in [-0.39, 0.29) is 29.9 Å². The van der Waals surface area contributed by atoms with Gasteiger partial charge in [-0.05, 0) is 51.3 Å². The minimum absolute atomic E-state index is 0.00347. The van der Waals surface area contributed by atoms with Gasteiger partial charge in [0.15, 0.2) is 0 Å². The first-order valence-corrected chi connectivity index (χ1v) is 9.87. The van der Waals surface area contributed by atoms with Crippen LogP contribution in [-0.4, -0.2) is 59.0 Å². The molecule has 1 aliphatic carbocycles. The number of hydrogen-bond acceptors (Lipinski definition) is 5. The van der Waals surface area contributed by atoms with E-state index in [0.29, 0.717) is 25.1 Å². The van der Waals surface area contributed by atoms with Crippen LogP contribution in [0.4, 0.5) is 0 Å². The maximum Gasteiger partial charge on any atom is 0.254 e. The first-order chi connectivity index (χ1) is 13.5. The number of nitrogens with one attached hydrogen (secondary N) is 1. The van der Waals surface area contributed by atoms with Crippen LogP contribution in [0.5, 0.6) is 0 Å². The Labute approximate surface area is 164 Å². The molecule has 0 bridgehead atoms. The summed E-state index contributed by atoms with van der Waals surface area (Å²) in [6.07, 6.45) is 2.24. The van der Waals surface area contributed by atoms with Crippen molar-refractivity contribution in [1.29, 1.82) is 0 Å². The molecule has 0 radical (unpaired) electrons. The SMILES string of the molecule is CNC(=O)[C@H]1CC[C@H]2OCCN(C(=O)c3ccc4nc(C)c(C)nc4c3)[C@@H]2C1. The molecule has 1 saturated carbocycles. The number of aromatic nitrogens is 2. The maximum atomic E-state index is 13.3. The van der Waals surface area contributed by atoms with Crippen molar-refractivity contribution in [1.82, 2.24) is 20.2 Å². The smallest absolute Gasteiger partial charge is 0.254 e. The molecule has 1 N–H and O–H groups in total. The Morgan fingerprint density at radius 3 is 2.64 bits per heavy atom. The summed E-state index contributed by atoms with van der Waals surface area (Å²) in [5, 5.41) is 2.74. The molecule has 1 aromatic carbocycles. The molecule has 2 aromatic rings. The molecule has 3 atom stereocenters. The largest absolute Gasteiger partial charge is 0.374 e. The fourth-order valence-corrected chi connectivity index (χ4v) is 4.33. The van der Waals surface area contributed by atoms with Crippen LogP contribution < -0.4 is 5.32 Å². The van der Waals surface area contributed by atoms with E-state index >= 15 is 0 Å². The van der Waals surface area contributed by atoms with Crippen LogP contribution in [0.2, 0.25) is 0 Å². The Bertz CT molecular complexity index is 929. The van der Waals surface area contributed by atoms with Crippen LogP contribution in [0.25, 0.3) is 11.0 Å². The van der Waals surface area contributed by atoms with Gasteiger partial charge in [-0.2, -0.15) is 0 Å². The lowest BCUT2D eigenvalue weighted by molar-refractivity contribution is -0.131. The van der Waals surface area contributed by atoms with Crippen LogP contribution in [0.15, 0.2) is 18.2 Å². The minimum atomic E-state index is -0.0728. The summed E-state index contributed by atoms with van der Waals surface area (Å²) in [6, 6.07) is 5.42. The quantitative estimate of drug-likeness (QED) is 0.859. The minimum Gasteiger partial charge on any atom is -0.374 e. The molecule has 4 rings (SSSR count). The van der Waals surface area contributed by atoms with E-state index in [1.807, 2.05) is 36.9 Å². The molecule has 0 unspecified atom stereocenters. The predicted molar refractivity (Wildman–Crippen MR) is 105 cm³/mol. The highest BCUT2D eigenvalue weighted by atomic mass is 16.5. The number of benzene rings is 1. The monoisotopic (exact) mass is 382 g/mol. The molecule has 7 nitrogen and oxygen atoms in total. The molecule has 148 valence electrons. The summed E-state index contributed by atoms with van der Waals surface area (Å²) in [4.78, 5) is 36.4. The Hall–Kier alpha value is -2.54. The normalized spacial score (nSPS) is 24.7. The summed E-state index contributed by atoms with van der Waals surface area (Å²) in [5.41, 5.74) is 3.88.